The van der Waals surface area contributed by atoms with Gasteiger partial charge in [0.25, 0.3) is 0 Å². The summed E-state index contributed by atoms with van der Waals surface area (Å²) in [6.07, 6.45) is 0.821. The summed E-state index contributed by atoms with van der Waals surface area (Å²) >= 11 is 1.63. The molecular weight excluding hydrogens is 315 g/mol. The molecule has 0 atom stereocenters. The topological polar surface area (TPSA) is 50.4 Å². The fraction of sp³-hybridized carbons (Fsp3) is 0.235. The predicted molar refractivity (Wildman–Crippen MR) is 91.8 cm³/mol. The Morgan fingerprint density at radius 3 is 2.65 bits per heavy atom. The van der Waals surface area contributed by atoms with Crippen LogP contribution in [-0.4, -0.2) is 25.4 Å². The monoisotopic (exact) mass is 334 g/mol. The fourth-order valence-electron chi connectivity index (χ4n) is 1.91. The molecule has 0 aliphatic heterocycles. The molecule has 0 fully saturated rings. The molecule has 6 heteroatoms. The summed E-state index contributed by atoms with van der Waals surface area (Å²) in [7, 11) is 1.56. The summed E-state index contributed by atoms with van der Waals surface area (Å²) in [6, 6.07) is 13.4. The lowest BCUT2D eigenvalue weighted by Crippen LogP contribution is -2.29. The minimum Gasteiger partial charge on any atom is -0.495 e. The second-order valence-corrected chi connectivity index (χ2v) is 5.91. The Hall–Kier alpha value is -2.21. The molecule has 0 saturated heterocycles. The van der Waals surface area contributed by atoms with Gasteiger partial charge in [-0.15, -0.1) is 11.8 Å². The van der Waals surface area contributed by atoms with Gasteiger partial charge in [-0.3, -0.25) is 0 Å². The predicted octanol–water partition coefficient (Wildman–Crippen LogP) is 4.14. The van der Waals surface area contributed by atoms with E-state index < -0.39 is 0 Å². The Labute approximate surface area is 139 Å². The third-order valence-electron chi connectivity index (χ3n) is 3.04. The van der Waals surface area contributed by atoms with Crippen LogP contribution in [0.1, 0.15) is 6.42 Å². The molecule has 2 aromatic rings. The van der Waals surface area contributed by atoms with E-state index in [0.717, 1.165) is 17.1 Å². The normalized spacial score (nSPS) is 10.2. The number of carbonyl (C=O) groups is 1. The molecular formula is C17H19FN2O2S. The molecule has 4 nitrogen and oxygen atoms in total. The number of nitrogens with one attached hydrogen (secondary N) is 2. The average Bonchev–Trinajstić information content (AvgIpc) is 2.57. The minimum absolute atomic E-state index is 0.232. The molecule has 0 spiro atoms. The van der Waals surface area contributed by atoms with Crippen molar-refractivity contribution in [3.63, 3.8) is 0 Å². The number of amides is 2. The molecule has 23 heavy (non-hydrogen) atoms. The molecule has 0 heterocycles. The lowest BCUT2D eigenvalue weighted by molar-refractivity contribution is 0.252. The highest BCUT2D eigenvalue weighted by molar-refractivity contribution is 7.99. The smallest absolute Gasteiger partial charge is 0.319 e. The zero-order chi connectivity index (χ0) is 16.5. The van der Waals surface area contributed by atoms with Crippen molar-refractivity contribution in [1.29, 1.82) is 0 Å². The van der Waals surface area contributed by atoms with E-state index in [1.165, 1.54) is 12.1 Å². The van der Waals surface area contributed by atoms with Crippen LogP contribution in [0.15, 0.2) is 53.4 Å². The SMILES string of the molecule is COc1ccccc1NC(=O)NCCCSc1ccc(F)cc1. The van der Waals surface area contributed by atoms with Gasteiger partial charge in [0.15, 0.2) is 0 Å². The second-order valence-electron chi connectivity index (χ2n) is 4.74. The van der Waals surface area contributed by atoms with Crippen LogP contribution in [0.5, 0.6) is 5.75 Å². The Balaban J connectivity index is 1.66. The number of anilines is 1. The first-order valence-corrected chi connectivity index (χ1v) is 8.24. The first-order chi connectivity index (χ1) is 11.2. The molecule has 0 saturated carbocycles. The van der Waals surface area contributed by atoms with Crippen molar-refractivity contribution in [2.75, 3.05) is 24.7 Å². The second kappa shape index (κ2) is 9.05. The van der Waals surface area contributed by atoms with Crippen molar-refractivity contribution in [1.82, 2.24) is 5.32 Å². The van der Waals surface area contributed by atoms with E-state index in [0.29, 0.717) is 18.0 Å². The van der Waals surface area contributed by atoms with Crippen LogP contribution >= 0.6 is 11.8 Å². The lowest BCUT2D eigenvalue weighted by Gasteiger charge is -2.10. The van der Waals surface area contributed by atoms with E-state index in [2.05, 4.69) is 10.6 Å². The van der Waals surface area contributed by atoms with Crippen LogP contribution in [0, 0.1) is 5.82 Å². The summed E-state index contributed by atoms with van der Waals surface area (Å²) in [5, 5.41) is 5.55. The number of ether oxygens (including phenoxy) is 1. The van der Waals surface area contributed by atoms with Gasteiger partial charge in [0.05, 0.1) is 12.8 Å². The molecule has 2 aromatic carbocycles. The van der Waals surface area contributed by atoms with E-state index in [1.54, 1.807) is 43.1 Å². The standard InChI is InChI=1S/C17H19FN2O2S/c1-22-16-6-3-2-5-15(16)20-17(21)19-11-4-12-23-14-9-7-13(18)8-10-14/h2-3,5-10H,4,11-12H2,1H3,(H2,19,20,21). The number of halogens is 1. The number of urea groups is 1. The molecule has 0 bridgehead atoms. The number of hydrogen-bond donors (Lipinski definition) is 2. The van der Waals surface area contributed by atoms with Crippen LogP contribution in [0.25, 0.3) is 0 Å². The van der Waals surface area contributed by atoms with Gasteiger partial charge in [-0.25, -0.2) is 9.18 Å². The van der Waals surface area contributed by atoms with Crippen molar-refractivity contribution in [3.8, 4) is 5.75 Å². The first kappa shape index (κ1) is 17.1. The number of methoxy groups -OCH3 is 1. The van der Waals surface area contributed by atoms with Gasteiger partial charge in [-0.1, -0.05) is 12.1 Å². The minimum atomic E-state index is -0.263. The van der Waals surface area contributed by atoms with Crippen molar-refractivity contribution < 1.29 is 13.9 Å². The number of para-hydroxylation sites is 2. The maximum atomic E-state index is 12.8. The number of carbonyl (C=O) groups excluding carboxylic acids is 1. The Bertz CT molecular complexity index is 635. The number of benzene rings is 2. The molecule has 2 rings (SSSR count). The molecule has 2 amide bonds. The molecule has 2 N–H and O–H groups in total. The third-order valence-corrected chi connectivity index (χ3v) is 4.14. The fourth-order valence-corrected chi connectivity index (χ4v) is 2.76. The summed E-state index contributed by atoms with van der Waals surface area (Å²) in [4.78, 5) is 12.8. The van der Waals surface area contributed by atoms with E-state index in [-0.39, 0.29) is 11.8 Å². The Morgan fingerprint density at radius 2 is 1.91 bits per heavy atom. The van der Waals surface area contributed by atoms with E-state index in [4.69, 9.17) is 4.74 Å². The average molecular weight is 334 g/mol. The Morgan fingerprint density at radius 1 is 1.17 bits per heavy atom. The van der Waals surface area contributed by atoms with Crippen molar-refractivity contribution in [3.05, 3.63) is 54.3 Å². The van der Waals surface area contributed by atoms with E-state index >= 15 is 0 Å². The van der Waals surface area contributed by atoms with E-state index in [1.807, 2.05) is 12.1 Å². The van der Waals surface area contributed by atoms with Gasteiger partial charge in [0.2, 0.25) is 0 Å². The molecule has 122 valence electrons. The molecule has 0 aliphatic carbocycles. The summed E-state index contributed by atoms with van der Waals surface area (Å²) in [5.74, 6) is 1.24. The van der Waals surface area contributed by atoms with Gasteiger partial charge < -0.3 is 15.4 Å². The summed E-state index contributed by atoms with van der Waals surface area (Å²) < 4.78 is 18.0. The number of rotatable bonds is 7. The zero-order valence-corrected chi connectivity index (χ0v) is 13.7. The van der Waals surface area contributed by atoms with Crippen molar-refractivity contribution in [2.24, 2.45) is 0 Å². The highest BCUT2D eigenvalue weighted by Crippen LogP contribution is 2.22. The van der Waals surface area contributed by atoms with Crippen LogP contribution in [-0.2, 0) is 0 Å². The zero-order valence-electron chi connectivity index (χ0n) is 12.8. The molecule has 0 unspecified atom stereocenters. The summed E-state index contributed by atoms with van der Waals surface area (Å²) in [5.41, 5.74) is 0.633. The van der Waals surface area contributed by atoms with Gasteiger partial charge in [-0.2, -0.15) is 0 Å². The molecule has 0 aliphatic rings. The number of hydrogen-bond acceptors (Lipinski definition) is 3. The summed E-state index contributed by atoms with van der Waals surface area (Å²) in [6.45, 7) is 0.565. The van der Waals surface area contributed by atoms with Gasteiger partial charge in [-0.05, 0) is 48.6 Å². The van der Waals surface area contributed by atoms with Crippen molar-refractivity contribution in [2.45, 2.75) is 11.3 Å². The van der Waals surface area contributed by atoms with Crippen LogP contribution in [0.2, 0.25) is 0 Å². The van der Waals surface area contributed by atoms with Crippen LogP contribution in [0.4, 0.5) is 14.9 Å². The van der Waals surface area contributed by atoms with E-state index in [9.17, 15) is 9.18 Å². The van der Waals surface area contributed by atoms with Crippen LogP contribution < -0.4 is 15.4 Å². The maximum absolute atomic E-state index is 12.8. The van der Waals surface area contributed by atoms with Crippen LogP contribution in [0.3, 0.4) is 0 Å². The lowest BCUT2D eigenvalue weighted by atomic mass is 10.3. The Kier molecular flexibility index (Phi) is 6.75. The highest BCUT2D eigenvalue weighted by atomic mass is 32.2. The third kappa shape index (κ3) is 5.83. The maximum Gasteiger partial charge on any atom is 0.319 e. The highest BCUT2D eigenvalue weighted by Gasteiger charge is 2.05. The van der Waals surface area contributed by atoms with Gasteiger partial charge >= 0.3 is 6.03 Å². The quantitative estimate of drug-likeness (QED) is 0.591. The van der Waals surface area contributed by atoms with Gasteiger partial charge in [0.1, 0.15) is 11.6 Å². The molecule has 0 aromatic heterocycles. The largest absolute Gasteiger partial charge is 0.495 e. The van der Waals surface area contributed by atoms with Gasteiger partial charge in [0, 0.05) is 11.4 Å². The molecule has 0 radical (unpaired) electrons. The number of thioether (sulfide) groups is 1. The first-order valence-electron chi connectivity index (χ1n) is 7.25. The van der Waals surface area contributed by atoms with Crippen molar-refractivity contribution >= 4 is 23.5 Å².